The first-order valence-corrected chi connectivity index (χ1v) is 11.6. The number of rotatable bonds is 6. The first-order valence-electron chi connectivity index (χ1n) is 11.6. The molecule has 1 unspecified atom stereocenters. The molecule has 0 saturated heterocycles. The highest BCUT2D eigenvalue weighted by molar-refractivity contribution is 5.96. The second-order valence-corrected chi connectivity index (χ2v) is 8.81. The van der Waals surface area contributed by atoms with E-state index in [-0.39, 0.29) is 36.6 Å². The number of amides is 1. The summed E-state index contributed by atoms with van der Waals surface area (Å²) in [6, 6.07) is 21.6. The molecule has 0 saturated carbocycles. The minimum Gasteiger partial charge on any atom is -0.457 e. The molecular weight excluding hydrogens is 467 g/mol. The third-order valence-electron chi connectivity index (χ3n) is 6.49. The highest BCUT2D eigenvalue weighted by atomic mass is 19.4. The van der Waals surface area contributed by atoms with E-state index in [0.717, 1.165) is 22.8 Å². The number of esters is 1. The Kier molecular flexibility index (Phi) is 7.29. The van der Waals surface area contributed by atoms with Gasteiger partial charge in [-0.2, -0.15) is 13.2 Å². The van der Waals surface area contributed by atoms with Crippen molar-refractivity contribution in [3.05, 3.63) is 118 Å². The molecule has 4 rings (SSSR count). The molecule has 0 fully saturated rings. The van der Waals surface area contributed by atoms with Crippen LogP contribution in [-0.4, -0.2) is 16.8 Å². The lowest BCUT2D eigenvalue weighted by Gasteiger charge is -2.35. The number of nitrogens with zero attached hydrogens (tertiary/aromatic N) is 1. The van der Waals surface area contributed by atoms with E-state index in [1.54, 1.807) is 31.2 Å². The van der Waals surface area contributed by atoms with E-state index < -0.39 is 23.6 Å². The molecule has 3 aromatic carbocycles. The van der Waals surface area contributed by atoms with Crippen molar-refractivity contribution >= 4 is 11.9 Å². The summed E-state index contributed by atoms with van der Waals surface area (Å²) in [5.41, 5.74) is 1.99. The number of benzene rings is 3. The molecule has 1 atom stereocenters. The van der Waals surface area contributed by atoms with Crippen LogP contribution in [0.15, 0.2) is 90.1 Å². The average molecular weight is 494 g/mol. The van der Waals surface area contributed by atoms with Gasteiger partial charge in [-0.25, -0.2) is 4.79 Å². The average Bonchev–Trinajstić information content (AvgIpc) is 2.86. The Morgan fingerprint density at radius 3 is 2.28 bits per heavy atom. The van der Waals surface area contributed by atoms with Crippen LogP contribution in [-0.2, 0) is 33.7 Å². The van der Waals surface area contributed by atoms with Crippen molar-refractivity contribution in [1.82, 2.24) is 4.90 Å². The van der Waals surface area contributed by atoms with Crippen LogP contribution in [0.1, 0.15) is 47.1 Å². The number of carbonyl (C=O) groups is 2. The molecule has 0 radical (unpaired) electrons. The fourth-order valence-electron chi connectivity index (χ4n) is 4.55. The van der Waals surface area contributed by atoms with Gasteiger partial charge >= 0.3 is 12.1 Å². The van der Waals surface area contributed by atoms with Crippen LogP contribution < -0.4 is 0 Å². The summed E-state index contributed by atoms with van der Waals surface area (Å²) < 4.78 is 47.2. The Balaban J connectivity index is 1.77. The Morgan fingerprint density at radius 1 is 0.944 bits per heavy atom. The van der Waals surface area contributed by atoms with Gasteiger partial charge < -0.3 is 9.64 Å². The van der Waals surface area contributed by atoms with Crippen LogP contribution >= 0.6 is 0 Å². The summed E-state index contributed by atoms with van der Waals surface area (Å²) in [6.07, 6.45) is -4.91. The molecule has 0 aromatic heterocycles. The van der Waals surface area contributed by atoms with E-state index in [4.69, 9.17) is 4.74 Å². The van der Waals surface area contributed by atoms with Gasteiger partial charge in [-0.15, -0.1) is 0 Å². The van der Waals surface area contributed by atoms with Gasteiger partial charge in [-0.05, 0) is 42.2 Å². The van der Waals surface area contributed by atoms with Crippen molar-refractivity contribution in [3.8, 4) is 0 Å². The minimum absolute atomic E-state index is 0.0319. The molecule has 36 heavy (non-hydrogen) atoms. The maximum absolute atomic E-state index is 13.9. The Hall–Kier alpha value is -3.87. The number of aryl methyl sites for hydroxylation is 1. The first-order chi connectivity index (χ1) is 17.2. The van der Waals surface area contributed by atoms with Gasteiger partial charge in [0.2, 0.25) is 5.91 Å². The zero-order chi connectivity index (χ0) is 25.9. The van der Waals surface area contributed by atoms with Crippen molar-refractivity contribution in [3.63, 3.8) is 0 Å². The summed E-state index contributed by atoms with van der Waals surface area (Å²) in [6.45, 7) is 3.69. The van der Waals surface area contributed by atoms with E-state index >= 15 is 0 Å². The molecule has 1 aliphatic heterocycles. The first kappa shape index (κ1) is 25.2. The summed E-state index contributed by atoms with van der Waals surface area (Å²) in [5.74, 6) is -2.16. The highest BCUT2D eigenvalue weighted by Gasteiger charge is 2.42. The molecule has 3 aromatic rings. The number of hydrogen-bond donors (Lipinski definition) is 0. The summed E-state index contributed by atoms with van der Waals surface area (Å²) in [5, 5.41) is 0. The van der Waals surface area contributed by atoms with Crippen molar-refractivity contribution < 1.29 is 27.5 Å². The van der Waals surface area contributed by atoms with Crippen LogP contribution in [0.25, 0.3) is 0 Å². The van der Waals surface area contributed by atoms with Crippen molar-refractivity contribution in [1.29, 1.82) is 0 Å². The lowest BCUT2D eigenvalue weighted by atomic mass is 9.81. The lowest BCUT2D eigenvalue weighted by molar-refractivity contribution is -0.143. The van der Waals surface area contributed by atoms with Crippen molar-refractivity contribution in [2.75, 3.05) is 0 Å². The van der Waals surface area contributed by atoms with Crippen LogP contribution in [0.4, 0.5) is 13.2 Å². The number of carbonyl (C=O) groups excluding carboxylic acids is 2. The standard InChI is InChI=1S/C29H26F3NO3/c1-19-10-6-7-13-22(19)17-33-20(2)27(28(35)36-18-21-11-4-3-5-12-21)24(16-26(33)34)23-14-8-9-15-25(23)29(30,31)32/h3-15,24H,16-18H2,1-2H3. The Morgan fingerprint density at radius 2 is 1.58 bits per heavy atom. The zero-order valence-electron chi connectivity index (χ0n) is 20.0. The quantitative estimate of drug-likeness (QED) is 0.366. The topological polar surface area (TPSA) is 46.6 Å². The molecule has 1 heterocycles. The smallest absolute Gasteiger partial charge is 0.416 e. The SMILES string of the molecule is CC1=C(C(=O)OCc2ccccc2)C(c2ccccc2C(F)(F)F)CC(=O)N1Cc1ccccc1C. The van der Waals surface area contributed by atoms with Crippen LogP contribution in [0, 0.1) is 6.92 Å². The van der Waals surface area contributed by atoms with Crippen LogP contribution in [0.2, 0.25) is 0 Å². The molecule has 186 valence electrons. The number of ether oxygens (including phenoxy) is 1. The lowest BCUT2D eigenvalue weighted by Crippen LogP contribution is -2.38. The highest BCUT2D eigenvalue weighted by Crippen LogP contribution is 2.43. The summed E-state index contributed by atoms with van der Waals surface area (Å²) in [7, 11) is 0. The molecule has 0 N–H and O–H groups in total. The molecule has 0 aliphatic carbocycles. The number of halogens is 3. The fourth-order valence-corrected chi connectivity index (χ4v) is 4.55. The van der Waals surface area contributed by atoms with Gasteiger partial charge in [0, 0.05) is 18.0 Å². The van der Waals surface area contributed by atoms with Gasteiger partial charge in [0.15, 0.2) is 0 Å². The fraction of sp³-hybridized carbons (Fsp3) is 0.241. The molecule has 1 amide bonds. The van der Waals surface area contributed by atoms with Gasteiger partial charge in [0.25, 0.3) is 0 Å². The zero-order valence-corrected chi connectivity index (χ0v) is 20.0. The third kappa shape index (κ3) is 5.35. The molecule has 0 bridgehead atoms. The summed E-state index contributed by atoms with van der Waals surface area (Å²) >= 11 is 0. The monoisotopic (exact) mass is 493 g/mol. The van der Waals surface area contributed by atoms with Gasteiger partial charge in [0.05, 0.1) is 17.7 Å². The molecule has 1 aliphatic rings. The largest absolute Gasteiger partial charge is 0.457 e. The number of allylic oxidation sites excluding steroid dienone is 1. The van der Waals surface area contributed by atoms with Crippen molar-refractivity contribution in [2.45, 2.75) is 45.5 Å². The van der Waals surface area contributed by atoms with E-state index in [2.05, 4.69) is 0 Å². The van der Waals surface area contributed by atoms with E-state index in [9.17, 15) is 22.8 Å². The molecule has 7 heteroatoms. The van der Waals surface area contributed by atoms with E-state index in [0.29, 0.717) is 5.70 Å². The molecule has 0 spiro atoms. The summed E-state index contributed by atoms with van der Waals surface area (Å²) in [4.78, 5) is 28.1. The van der Waals surface area contributed by atoms with Crippen LogP contribution in [0.5, 0.6) is 0 Å². The van der Waals surface area contributed by atoms with E-state index in [1.807, 2.05) is 37.3 Å². The number of hydrogen-bond acceptors (Lipinski definition) is 3. The maximum Gasteiger partial charge on any atom is 0.416 e. The number of alkyl halides is 3. The second kappa shape index (κ2) is 10.4. The maximum atomic E-state index is 13.9. The van der Waals surface area contributed by atoms with Crippen molar-refractivity contribution in [2.24, 2.45) is 0 Å². The van der Waals surface area contributed by atoms with Gasteiger partial charge in [-0.1, -0.05) is 72.8 Å². The van der Waals surface area contributed by atoms with E-state index in [1.165, 1.54) is 23.1 Å². The van der Waals surface area contributed by atoms with Crippen LogP contribution in [0.3, 0.4) is 0 Å². The normalized spacial score (nSPS) is 16.3. The predicted octanol–water partition coefficient (Wildman–Crippen LogP) is 6.55. The van der Waals surface area contributed by atoms with Gasteiger partial charge in [0.1, 0.15) is 6.61 Å². The molecule has 4 nitrogen and oxygen atoms in total. The second-order valence-electron chi connectivity index (χ2n) is 8.81. The Bertz CT molecular complexity index is 1300. The minimum atomic E-state index is -4.63. The molecular formula is C29H26F3NO3. The predicted molar refractivity (Wildman–Crippen MR) is 129 cm³/mol. The Labute approximate surface area is 208 Å². The third-order valence-corrected chi connectivity index (χ3v) is 6.49. The van der Waals surface area contributed by atoms with Gasteiger partial charge in [-0.3, -0.25) is 4.79 Å².